The second-order valence-corrected chi connectivity index (χ2v) is 7.01. The lowest BCUT2D eigenvalue weighted by Gasteiger charge is -2.04. The van der Waals surface area contributed by atoms with Crippen molar-refractivity contribution in [2.24, 2.45) is 0 Å². The summed E-state index contributed by atoms with van der Waals surface area (Å²) in [5.41, 5.74) is 5.08. The maximum absolute atomic E-state index is 10.8. The SMILES string of the molecule is CC(=O)OC/C(C)=C/CCC(C)=CCC/C(C)=C/COCc1ccccc1. The van der Waals surface area contributed by atoms with Crippen molar-refractivity contribution in [3.63, 3.8) is 0 Å². The molecule has 0 aromatic heterocycles. The molecule has 0 atom stereocenters. The molecule has 0 fully saturated rings. The van der Waals surface area contributed by atoms with Crippen LogP contribution >= 0.6 is 0 Å². The standard InChI is InChI=1S/C24H34O3/c1-20(11-9-13-22(3)18-27-23(4)25)10-8-12-21(2)16-17-26-19-24-14-6-5-7-15-24/h5-7,10,13-16H,8-9,11-12,17-19H2,1-4H3/b20-10?,21-16+,22-13+. The van der Waals surface area contributed by atoms with Crippen LogP contribution in [0.3, 0.4) is 0 Å². The van der Waals surface area contributed by atoms with Gasteiger partial charge in [0.05, 0.1) is 13.2 Å². The molecule has 0 saturated carbocycles. The van der Waals surface area contributed by atoms with Gasteiger partial charge in [-0.1, -0.05) is 59.7 Å². The average molecular weight is 371 g/mol. The fraction of sp³-hybridized carbons (Fsp3) is 0.458. The van der Waals surface area contributed by atoms with Gasteiger partial charge < -0.3 is 9.47 Å². The van der Waals surface area contributed by atoms with Crippen LogP contribution in [-0.4, -0.2) is 19.2 Å². The molecule has 0 N–H and O–H groups in total. The molecular weight excluding hydrogens is 336 g/mol. The number of carbonyl (C=O) groups is 1. The molecule has 0 unspecified atom stereocenters. The molecule has 0 heterocycles. The van der Waals surface area contributed by atoms with Gasteiger partial charge >= 0.3 is 5.97 Å². The van der Waals surface area contributed by atoms with Crippen molar-refractivity contribution in [1.82, 2.24) is 0 Å². The molecule has 0 aliphatic heterocycles. The Morgan fingerprint density at radius 2 is 1.44 bits per heavy atom. The second-order valence-electron chi connectivity index (χ2n) is 7.01. The third kappa shape index (κ3) is 12.8. The number of carbonyl (C=O) groups excluding carboxylic acids is 1. The number of hydrogen-bond donors (Lipinski definition) is 0. The van der Waals surface area contributed by atoms with E-state index in [2.05, 4.69) is 44.2 Å². The maximum atomic E-state index is 10.8. The molecule has 0 saturated heterocycles. The molecule has 3 nitrogen and oxygen atoms in total. The summed E-state index contributed by atoms with van der Waals surface area (Å²) in [6.07, 6.45) is 10.8. The Hall–Kier alpha value is -2.13. The molecule has 3 heteroatoms. The molecule has 0 spiro atoms. The largest absolute Gasteiger partial charge is 0.461 e. The predicted molar refractivity (Wildman–Crippen MR) is 112 cm³/mol. The highest BCUT2D eigenvalue weighted by Crippen LogP contribution is 2.12. The van der Waals surface area contributed by atoms with Gasteiger partial charge in [0, 0.05) is 6.92 Å². The minimum Gasteiger partial charge on any atom is -0.461 e. The van der Waals surface area contributed by atoms with E-state index in [1.54, 1.807) is 0 Å². The van der Waals surface area contributed by atoms with Gasteiger partial charge in [0.25, 0.3) is 0 Å². The average Bonchev–Trinajstić information content (AvgIpc) is 2.64. The first-order chi connectivity index (χ1) is 13.0. The van der Waals surface area contributed by atoms with Gasteiger partial charge in [-0.05, 0) is 57.6 Å². The van der Waals surface area contributed by atoms with Crippen LogP contribution < -0.4 is 0 Å². The Bertz CT molecular complexity index is 639. The Morgan fingerprint density at radius 1 is 0.852 bits per heavy atom. The Kier molecular flexibility index (Phi) is 11.9. The van der Waals surface area contributed by atoms with Crippen molar-refractivity contribution in [3.8, 4) is 0 Å². The fourth-order valence-corrected chi connectivity index (χ4v) is 2.52. The summed E-state index contributed by atoms with van der Waals surface area (Å²) in [6, 6.07) is 10.2. The topological polar surface area (TPSA) is 35.5 Å². The van der Waals surface area contributed by atoms with Crippen LogP contribution in [0.4, 0.5) is 0 Å². The molecule has 148 valence electrons. The van der Waals surface area contributed by atoms with Gasteiger partial charge in [0.15, 0.2) is 0 Å². The third-order valence-electron chi connectivity index (χ3n) is 4.23. The van der Waals surface area contributed by atoms with Gasteiger partial charge in [-0.2, -0.15) is 0 Å². The lowest BCUT2D eigenvalue weighted by molar-refractivity contribution is -0.139. The lowest BCUT2D eigenvalue weighted by Crippen LogP contribution is -2.01. The van der Waals surface area contributed by atoms with E-state index < -0.39 is 0 Å². The molecule has 1 aromatic carbocycles. The summed E-state index contributed by atoms with van der Waals surface area (Å²) in [5.74, 6) is -0.229. The molecular formula is C24H34O3. The van der Waals surface area contributed by atoms with Crippen LogP contribution in [0.25, 0.3) is 0 Å². The summed E-state index contributed by atoms with van der Waals surface area (Å²) in [7, 11) is 0. The first-order valence-corrected chi connectivity index (χ1v) is 9.69. The highest BCUT2D eigenvalue weighted by Gasteiger charge is 1.96. The first kappa shape index (κ1) is 22.9. The van der Waals surface area contributed by atoms with Gasteiger partial charge in [-0.25, -0.2) is 0 Å². The summed E-state index contributed by atoms with van der Waals surface area (Å²) in [4.78, 5) is 10.8. The van der Waals surface area contributed by atoms with E-state index in [1.807, 2.05) is 25.1 Å². The zero-order valence-corrected chi connectivity index (χ0v) is 17.3. The van der Waals surface area contributed by atoms with Crippen LogP contribution in [0, 0.1) is 0 Å². The van der Waals surface area contributed by atoms with Crippen molar-refractivity contribution in [3.05, 3.63) is 70.8 Å². The predicted octanol–water partition coefficient (Wildman–Crippen LogP) is 6.17. The Balaban J connectivity index is 2.17. The van der Waals surface area contributed by atoms with Crippen molar-refractivity contribution >= 4 is 5.97 Å². The van der Waals surface area contributed by atoms with Gasteiger partial charge in [0.1, 0.15) is 6.61 Å². The van der Waals surface area contributed by atoms with Crippen LogP contribution in [0.15, 0.2) is 65.3 Å². The maximum Gasteiger partial charge on any atom is 0.302 e. The highest BCUT2D eigenvalue weighted by molar-refractivity contribution is 5.66. The molecule has 0 radical (unpaired) electrons. The summed E-state index contributed by atoms with van der Waals surface area (Å²) < 4.78 is 10.7. The van der Waals surface area contributed by atoms with Crippen molar-refractivity contribution < 1.29 is 14.3 Å². The summed E-state index contributed by atoms with van der Waals surface area (Å²) in [5, 5.41) is 0. The smallest absolute Gasteiger partial charge is 0.302 e. The van der Waals surface area contributed by atoms with Crippen molar-refractivity contribution in [2.75, 3.05) is 13.2 Å². The summed E-state index contributed by atoms with van der Waals surface area (Å²) in [6.45, 7) is 9.49. The number of ether oxygens (including phenoxy) is 2. The van der Waals surface area contributed by atoms with Crippen molar-refractivity contribution in [1.29, 1.82) is 0 Å². The quantitative estimate of drug-likeness (QED) is 0.251. The number of benzene rings is 1. The molecule has 0 amide bonds. The molecule has 1 aromatic rings. The van der Waals surface area contributed by atoms with E-state index in [4.69, 9.17) is 9.47 Å². The van der Waals surface area contributed by atoms with Crippen LogP contribution in [0.1, 0.15) is 58.9 Å². The van der Waals surface area contributed by atoms with Crippen LogP contribution in [0.2, 0.25) is 0 Å². The molecule has 0 bridgehead atoms. The van der Waals surface area contributed by atoms with Crippen molar-refractivity contribution in [2.45, 2.75) is 60.0 Å². The summed E-state index contributed by atoms with van der Waals surface area (Å²) >= 11 is 0. The third-order valence-corrected chi connectivity index (χ3v) is 4.23. The van der Waals surface area contributed by atoms with E-state index in [0.717, 1.165) is 31.3 Å². The highest BCUT2D eigenvalue weighted by atomic mass is 16.5. The van der Waals surface area contributed by atoms with E-state index in [-0.39, 0.29) is 5.97 Å². The van der Waals surface area contributed by atoms with Gasteiger partial charge in [-0.3, -0.25) is 4.79 Å². The molecule has 1 rings (SSSR count). The zero-order valence-electron chi connectivity index (χ0n) is 17.3. The Morgan fingerprint density at radius 3 is 2.07 bits per heavy atom. The fourth-order valence-electron chi connectivity index (χ4n) is 2.52. The van der Waals surface area contributed by atoms with Gasteiger partial charge in [0.2, 0.25) is 0 Å². The van der Waals surface area contributed by atoms with Gasteiger partial charge in [-0.15, -0.1) is 0 Å². The van der Waals surface area contributed by atoms with E-state index >= 15 is 0 Å². The minimum atomic E-state index is -0.229. The minimum absolute atomic E-state index is 0.229. The number of esters is 1. The monoisotopic (exact) mass is 370 g/mol. The Labute approximate surface area is 164 Å². The second kappa shape index (κ2) is 14.0. The number of rotatable bonds is 12. The molecule has 0 aliphatic rings. The van der Waals surface area contributed by atoms with E-state index in [0.29, 0.717) is 19.8 Å². The van der Waals surface area contributed by atoms with E-state index in [9.17, 15) is 4.79 Å². The lowest BCUT2D eigenvalue weighted by atomic mass is 10.1. The van der Waals surface area contributed by atoms with Crippen LogP contribution in [0.5, 0.6) is 0 Å². The molecule has 0 aliphatic carbocycles. The normalized spacial score (nSPS) is 13.0. The van der Waals surface area contributed by atoms with E-state index in [1.165, 1.54) is 23.6 Å². The zero-order chi connectivity index (χ0) is 19.9. The van der Waals surface area contributed by atoms with Crippen LogP contribution in [-0.2, 0) is 20.9 Å². The number of allylic oxidation sites excluding steroid dienone is 4. The number of hydrogen-bond acceptors (Lipinski definition) is 3. The first-order valence-electron chi connectivity index (χ1n) is 9.69. The molecule has 27 heavy (non-hydrogen) atoms.